The van der Waals surface area contributed by atoms with Gasteiger partial charge in [0.2, 0.25) is 0 Å². The van der Waals surface area contributed by atoms with Gasteiger partial charge < -0.3 is 10.5 Å². The highest BCUT2D eigenvalue weighted by Crippen LogP contribution is 2.27. The zero-order valence-electron chi connectivity index (χ0n) is 9.04. The fraction of sp³-hybridized carbons (Fsp3) is 0.400. The van der Waals surface area contributed by atoms with Gasteiger partial charge in [-0.15, -0.1) is 0 Å². The zero-order chi connectivity index (χ0) is 13.0. The summed E-state index contributed by atoms with van der Waals surface area (Å²) in [5.74, 6) is -0.523. The number of nitrogens with zero attached hydrogens (tertiary/aromatic N) is 1. The summed E-state index contributed by atoms with van der Waals surface area (Å²) in [4.78, 5) is 14.9. The molecule has 1 aromatic rings. The topological polar surface area (TPSA) is 65.2 Å². The van der Waals surface area contributed by atoms with E-state index < -0.39 is 18.1 Å². The number of carbonyl (C=O) groups is 1. The normalized spacial score (nSPS) is 10.6. The Labute approximate surface area is 105 Å². The molecule has 0 saturated heterocycles. The lowest BCUT2D eigenvalue weighted by Crippen LogP contribution is -2.11. The van der Waals surface area contributed by atoms with Crippen molar-refractivity contribution in [2.24, 2.45) is 0 Å². The van der Waals surface area contributed by atoms with Crippen molar-refractivity contribution >= 4 is 27.6 Å². The molecule has 4 nitrogen and oxygen atoms in total. The van der Waals surface area contributed by atoms with Crippen LogP contribution in [0.1, 0.15) is 24.7 Å². The summed E-state index contributed by atoms with van der Waals surface area (Å²) < 4.78 is 30.2. The van der Waals surface area contributed by atoms with Crippen molar-refractivity contribution in [3.8, 4) is 0 Å². The van der Waals surface area contributed by atoms with Crippen LogP contribution in [0.25, 0.3) is 0 Å². The number of hydrogen-bond acceptors (Lipinski definition) is 4. The van der Waals surface area contributed by atoms with Gasteiger partial charge >= 0.3 is 5.97 Å². The minimum Gasteiger partial charge on any atom is -0.466 e. The highest BCUT2D eigenvalue weighted by Gasteiger charge is 2.18. The summed E-state index contributed by atoms with van der Waals surface area (Å²) in [6.45, 7) is 1.89. The Hall–Kier alpha value is -1.24. The highest BCUT2D eigenvalue weighted by molar-refractivity contribution is 9.10. The van der Waals surface area contributed by atoms with Crippen LogP contribution in [0.4, 0.5) is 14.5 Å². The molecule has 0 atom stereocenters. The average molecular weight is 309 g/mol. The molecule has 1 heterocycles. The van der Waals surface area contributed by atoms with Gasteiger partial charge in [-0.2, -0.15) is 0 Å². The molecule has 0 bridgehead atoms. The van der Waals surface area contributed by atoms with Crippen molar-refractivity contribution in [2.45, 2.75) is 19.8 Å². The second kappa shape index (κ2) is 5.90. The summed E-state index contributed by atoms with van der Waals surface area (Å²) in [6, 6.07) is 1.31. The monoisotopic (exact) mass is 308 g/mol. The first-order valence-corrected chi connectivity index (χ1v) is 5.63. The van der Waals surface area contributed by atoms with Crippen molar-refractivity contribution in [1.29, 1.82) is 0 Å². The van der Waals surface area contributed by atoms with Gasteiger partial charge in [-0.25, -0.2) is 13.8 Å². The molecule has 0 unspecified atom stereocenters. The van der Waals surface area contributed by atoms with Crippen molar-refractivity contribution in [2.75, 3.05) is 12.3 Å². The summed E-state index contributed by atoms with van der Waals surface area (Å²) in [5.41, 5.74) is 4.95. The standard InChI is InChI=1S/C10H11BrF2N2O2/c1-2-17-8(16)4-7-5(11)3-6(14)9(15-7)10(12)13/h3,10H,2,4,14H2,1H3. The summed E-state index contributed by atoms with van der Waals surface area (Å²) in [7, 11) is 0. The van der Waals surface area contributed by atoms with Crippen LogP contribution < -0.4 is 5.73 Å². The van der Waals surface area contributed by atoms with E-state index in [1.807, 2.05) is 0 Å². The van der Waals surface area contributed by atoms with Crippen LogP contribution >= 0.6 is 15.9 Å². The van der Waals surface area contributed by atoms with Crippen molar-refractivity contribution < 1.29 is 18.3 Å². The van der Waals surface area contributed by atoms with Gasteiger partial charge in [-0.1, -0.05) is 0 Å². The number of alkyl halides is 2. The molecular weight excluding hydrogens is 298 g/mol. The van der Waals surface area contributed by atoms with E-state index in [0.29, 0.717) is 4.47 Å². The van der Waals surface area contributed by atoms with E-state index in [9.17, 15) is 13.6 Å². The van der Waals surface area contributed by atoms with Gasteiger partial charge in [0.1, 0.15) is 5.69 Å². The molecule has 1 aromatic heterocycles. The molecule has 0 radical (unpaired) electrons. The van der Waals surface area contributed by atoms with Gasteiger partial charge in [0.05, 0.1) is 24.4 Å². The van der Waals surface area contributed by atoms with Crippen molar-refractivity contribution in [3.63, 3.8) is 0 Å². The van der Waals surface area contributed by atoms with Gasteiger partial charge in [0.25, 0.3) is 6.43 Å². The SMILES string of the molecule is CCOC(=O)Cc1nc(C(F)F)c(N)cc1Br. The van der Waals surface area contributed by atoms with Gasteiger partial charge in [-0.05, 0) is 28.9 Å². The fourth-order valence-corrected chi connectivity index (χ4v) is 1.68. The molecule has 0 aromatic carbocycles. The van der Waals surface area contributed by atoms with Crippen LogP contribution in [0.5, 0.6) is 0 Å². The quantitative estimate of drug-likeness (QED) is 0.868. The third-order valence-electron chi connectivity index (χ3n) is 1.93. The number of esters is 1. The second-order valence-electron chi connectivity index (χ2n) is 3.17. The number of carbonyl (C=O) groups excluding carboxylic acids is 1. The van der Waals surface area contributed by atoms with Crippen LogP contribution in [-0.4, -0.2) is 17.6 Å². The highest BCUT2D eigenvalue weighted by atomic mass is 79.9. The predicted molar refractivity (Wildman–Crippen MR) is 61.6 cm³/mol. The Morgan fingerprint density at radius 2 is 2.29 bits per heavy atom. The minimum absolute atomic E-state index is 0.112. The molecule has 0 aliphatic heterocycles. The molecule has 0 spiro atoms. The first kappa shape index (κ1) is 13.8. The van der Waals surface area contributed by atoms with Crippen LogP contribution in [0, 0.1) is 0 Å². The van der Waals surface area contributed by atoms with Crippen LogP contribution in [0.2, 0.25) is 0 Å². The van der Waals surface area contributed by atoms with Gasteiger partial charge in [0.15, 0.2) is 0 Å². The van der Waals surface area contributed by atoms with E-state index in [1.165, 1.54) is 6.07 Å². The average Bonchev–Trinajstić information content (AvgIpc) is 2.21. The summed E-state index contributed by atoms with van der Waals surface area (Å²) in [5, 5.41) is 0. The number of rotatable bonds is 4. The first-order chi connectivity index (χ1) is 7.95. The number of hydrogen-bond donors (Lipinski definition) is 1. The maximum absolute atomic E-state index is 12.6. The largest absolute Gasteiger partial charge is 0.466 e. The third kappa shape index (κ3) is 3.62. The summed E-state index contributed by atoms with van der Waals surface area (Å²) >= 11 is 3.11. The van der Waals surface area contributed by atoms with Crippen molar-refractivity contribution in [3.05, 3.63) is 21.9 Å². The summed E-state index contributed by atoms with van der Waals surface area (Å²) in [6.07, 6.45) is -2.95. The van der Waals surface area contributed by atoms with E-state index >= 15 is 0 Å². The Bertz CT molecular complexity index is 427. The van der Waals surface area contributed by atoms with Crippen LogP contribution in [0.15, 0.2) is 10.5 Å². The van der Waals surface area contributed by atoms with E-state index in [-0.39, 0.29) is 24.4 Å². The van der Waals surface area contributed by atoms with E-state index in [2.05, 4.69) is 20.9 Å². The Balaban J connectivity index is 2.99. The number of anilines is 1. The molecule has 0 saturated carbocycles. The lowest BCUT2D eigenvalue weighted by atomic mass is 10.2. The van der Waals surface area contributed by atoms with Gasteiger partial charge in [0, 0.05) is 4.47 Å². The zero-order valence-corrected chi connectivity index (χ0v) is 10.6. The number of pyridine rings is 1. The molecule has 94 valence electrons. The molecule has 7 heteroatoms. The molecule has 0 aliphatic rings. The Morgan fingerprint density at radius 3 is 2.82 bits per heavy atom. The molecule has 2 N–H and O–H groups in total. The second-order valence-corrected chi connectivity index (χ2v) is 4.03. The maximum atomic E-state index is 12.6. The third-order valence-corrected chi connectivity index (χ3v) is 2.62. The molecular formula is C10H11BrF2N2O2. The smallest absolute Gasteiger partial charge is 0.311 e. The fourth-order valence-electron chi connectivity index (χ4n) is 1.20. The van der Waals surface area contributed by atoms with E-state index in [0.717, 1.165) is 0 Å². The molecule has 1 rings (SSSR count). The first-order valence-electron chi connectivity index (χ1n) is 4.84. The molecule has 17 heavy (non-hydrogen) atoms. The van der Waals surface area contributed by atoms with Crippen LogP contribution in [-0.2, 0) is 16.0 Å². The molecule has 0 fully saturated rings. The number of nitrogen functional groups attached to an aromatic ring is 1. The number of aromatic nitrogens is 1. The number of halogens is 3. The maximum Gasteiger partial charge on any atom is 0.311 e. The Morgan fingerprint density at radius 1 is 1.65 bits per heavy atom. The van der Waals surface area contributed by atoms with E-state index in [1.54, 1.807) is 6.92 Å². The Kier molecular flexibility index (Phi) is 4.80. The predicted octanol–water partition coefficient (Wildman–Crippen LogP) is 2.47. The molecule has 0 amide bonds. The minimum atomic E-state index is -2.77. The van der Waals surface area contributed by atoms with E-state index in [4.69, 9.17) is 10.5 Å². The lowest BCUT2D eigenvalue weighted by Gasteiger charge is -2.09. The molecule has 0 aliphatic carbocycles. The lowest BCUT2D eigenvalue weighted by molar-refractivity contribution is -0.142. The van der Waals surface area contributed by atoms with Crippen LogP contribution in [0.3, 0.4) is 0 Å². The number of ether oxygens (including phenoxy) is 1. The van der Waals surface area contributed by atoms with Crippen molar-refractivity contribution in [1.82, 2.24) is 4.98 Å². The van der Waals surface area contributed by atoms with Gasteiger partial charge in [-0.3, -0.25) is 4.79 Å². The number of nitrogens with two attached hydrogens (primary N) is 1.